The molecule has 3 aromatic heterocycles. The van der Waals surface area contributed by atoms with Gasteiger partial charge in [-0.3, -0.25) is 4.79 Å². The van der Waals surface area contributed by atoms with Crippen LogP contribution in [0.3, 0.4) is 0 Å². The molecule has 0 aliphatic carbocycles. The molecule has 1 saturated heterocycles. The van der Waals surface area contributed by atoms with Gasteiger partial charge in [-0.25, -0.2) is 15.0 Å². The van der Waals surface area contributed by atoms with Crippen molar-refractivity contribution < 1.29 is 4.79 Å². The summed E-state index contributed by atoms with van der Waals surface area (Å²) in [5, 5.41) is 1.11. The van der Waals surface area contributed by atoms with E-state index in [0.29, 0.717) is 0 Å². The normalized spacial score (nSPS) is 17.5. The molecule has 6 nitrogen and oxygen atoms in total. The Hall–Kier alpha value is -2.54. The van der Waals surface area contributed by atoms with Gasteiger partial charge in [-0.2, -0.15) is 0 Å². The zero-order valence-corrected chi connectivity index (χ0v) is 15.7. The van der Waals surface area contributed by atoms with Gasteiger partial charge in [0.05, 0.1) is 4.88 Å². The number of amides is 1. The van der Waals surface area contributed by atoms with Gasteiger partial charge in [-0.15, -0.1) is 11.3 Å². The minimum absolute atomic E-state index is 0.0576. The Morgan fingerprint density at radius 3 is 2.92 bits per heavy atom. The molecular weight excluding hydrogens is 346 g/mol. The van der Waals surface area contributed by atoms with E-state index in [9.17, 15) is 4.79 Å². The van der Waals surface area contributed by atoms with Gasteiger partial charge in [0.2, 0.25) is 0 Å². The summed E-state index contributed by atoms with van der Waals surface area (Å²) in [7, 11) is 3.61. The second-order valence-corrected chi connectivity index (χ2v) is 7.75. The van der Waals surface area contributed by atoms with Gasteiger partial charge >= 0.3 is 0 Å². The van der Waals surface area contributed by atoms with E-state index in [0.717, 1.165) is 52.4 Å². The van der Waals surface area contributed by atoms with E-state index in [2.05, 4.69) is 25.9 Å². The number of anilines is 1. The van der Waals surface area contributed by atoms with Crippen LogP contribution < -0.4 is 4.90 Å². The quantitative estimate of drug-likeness (QED) is 0.711. The molecular formula is C19H21N5OS. The number of rotatable bonds is 3. The van der Waals surface area contributed by atoms with Crippen molar-refractivity contribution >= 4 is 33.3 Å². The third-order valence-electron chi connectivity index (χ3n) is 4.83. The van der Waals surface area contributed by atoms with E-state index in [1.165, 1.54) is 11.3 Å². The molecule has 0 aromatic carbocycles. The molecule has 0 N–H and O–H groups in total. The summed E-state index contributed by atoms with van der Waals surface area (Å²) >= 11 is 1.50. The minimum Gasteiger partial charge on any atom is -0.356 e. The minimum atomic E-state index is 0.0576. The van der Waals surface area contributed by atoms with E-state index in [4.69, 9.17) is 0 Å². The van der Waals surface area contributed by atoms with Gasteiger partial charge in [0.1, 0.15) is 17.0 Å². The Morgan fingerprint density at radius 1 is 1.27 bits per heavy atom. The first-order chi connectivity index (χ1) is 12.6. The number of carbonyl (C=O) groups excluding carboxylic acids is 1. The molecule has 1 atom stereocenters. The highest BCUT2D eigenvalue weighted by Crippen LogP contribution is 2.40. The van der Waals surface area contributed by atoms with Gasteiger partial charge in [-0.1, -0.05) is 6.07 Å². The summed E-state index contributed by atoms with van der Waals surface area (Å²) in [4.78, 5) is 31.4. The zero-order valence-electron chi connectivity index (χ0n) is 14.9. The van der Waals surface area contributed by atoms with Gasteiger partial charge in [-0.05, 0) is 30.5 Å². The molecule has 0 radical (unpaired) electrons. The lowest BCUT2D eigenvalue weighted by molar-refractivity contribution is 0.0831. The lowest BCUT2D eigenvalue weighted by Crippen LogP contribution is -2.35. The highest BCUT2D eigenvalue weighted by molar-refractivity contribution is 7.20. The number of carbonyl (C=O) groups is 1. The molecule has 4 heterocycles. The fourth-order valence-electron chi connectivity index (χ4n) is 3.61. The third-order valence-corrected chi connectivity index (χ3v) is 5.94. The monoisotopic (exact) mass is 367 g/mol. The van der Waals surface area contributed by atoms with Gasteiger partial charge in [0, 0.05) is 50.9 Å². The number of piperidine rings is 1. The van der Waals surface area contributed by atoms with Crippen molar-refractivity contribution in [3.63, 3.8) is 0 Å². The summed E-state index contributed by atoms with van der Waals surface area (Å²) in [6.07, 6.45) is 7.29. The number of fused-ring (bicyclic) bond motifs is 1. The average molecular weight is 367 g/mol. The summed E-state index contributed by atoms with van der Waals surface area (Å²) in [5.74, 6) is 1.29. The second kappa shape index (κ2) is 6.99. The third kappa shape index (κ3) is 3.03. The maximum atomic E-state index is 12.8. The topological polar surface area (TPSA) is 62.2 Å². The number of pyridine rings is 1. The Balaban J connectivity index is 1.75. The van der Waals surface area contributed by atoms with Crippen LogP contribution >= 0.6 is 11.3 Å². The largest absolute Gasteiger partial charge is 0.356 e. The zero-order chi connectivity index (χ0) is 18.1. The molecule has 1 aliphatic heterocycles. The van der Waals surface area contributed by atoms with Gasteiger partial charge in [0.25, 0.3) is 5.91 Å². The summed E-state index contributed by atoms with van der Waals surface area (Å²) in [5.41, 5.74) is 1.15. The van der Waals surface area contributed by atoms with Crippen LogP contribution in [-0.2, 0) is 0 Å². The number of hydrogen-bond donors (Lipinski definition) is 0. The molecule has 1 amide bonds. The van der Waals surface area contributed by atoms with Crippen LogP contribution in [0.4, 0.5) is 5.82 Å². The second-order valence-electron chi connectivity index (χ2n) is 6.75. The first-order valence-electron chi connectivity index (χ1n) is 8.75. The van der Waals surface area contributed by atoms with Crippen molar-refractivity contribution in [2.75, 3.05) is 32.1 Å². The van der Waals surface area contributed by atoms with E-state index >= 15 is 0 Å². The van der Waals surface area contributed by atoms with Crippen LogP contribution in [0, 0.1) is 0 Å². The first kappa shape index (κ1) is 16.9. The molecule has 26 heavy (non-hydrogen) atoms. The molecule has 4 rings (SSSR count). The molecule has 0 saturated carbocycles. The molecule has 134 valence electrons. The SMILES string of the molecule is CN(C)C(=O)c1sc2ncccc2c1[C@H]1CCCN(c2ccncn2)C1. The molecule has 1 aliphatic rings. The van der Waals surface area contributed by atoms with E-state index in [-0.39, 0.29) is 11.8 Å². The average Bonchev–Trinajstić information content (AvgIpc) is 3.07. The summed E-state index contributed by atoms with van der Waals surface area (Å²) in [6.45, 7) is 1.83. The van der Waals surface area contributed by atoms with Gasteiger partial charge in [0.15, 0.2) is 0 Å². The van der Waals surface area contributed by atoms with Crippen LogP contribution in [0.2, 0.25) is 0 Å². The summed E-state index contributed by atoms with van der Waals surface area (Å²) in [6, 6.07) is 5.99. The number of thiophene rings is 1. The van der Waals surface area contributed by atoms with Crippen molar-refractivity contribution in [1.82, 2.24) is 19.9 Å². The van der Waals surface area contributed by atoms with E-state index in [1.807, 2.05) is 12.1 Å². The Labute approximate surface area is 156 Å². The van der Waals surface area contributed by atoms with Crippen molar-refractivity contribution in [3.05, 3.63) is 47.4 Å². The maximum Gasteiger partial charge on any atom is 0.263 e. The van der Waals surface area contributed by atoms with Crippen molar-refractivity contribution in [3.8, 4) is 0 Å². The first-order valence-corrected chi connectivity index (χ1v) is 9.57. The molecule has 7 heteroatoms. The van der Waals surface area contributed by atoms with E-state index < -0.39 is 0 Å². The Morgan fingerprint density at radius 2 is 2.15 bits per heavy atom. The maximum absolute atomic E-state index is 12.8. The lowest BCUT2D eigenvalue weighted by Gasteiger charge is -2.34. The van der Waals surface area contributed by atoms with Crippen LogP contribution in [0.15, 0.2) is 36.9 Å². The lowest BCUT2D eigenvalue weighted by atomic mass is 9.88. The predicted molar refractivity (Wildman–Crippen MR) is 104 cm³/mol. The van der Waals surface area contributed by atoms with Gasteiger partial charge < -0.3 is 9.80 Å². The number of hydrogen-bond acceptors (Lipinski definition) is 6. The molecule has 0 bridgehead atoms. The molecule has 1 fully saturated rings. The standard InChI is InChI=1S/C19H21N5OS/c1-23(2)19(25)17-16(14-6-3-8-21-18(14)26-17)13-5-4-10-24(11-13)15-7-9-20-12-22-15/h3,6-9,12-13H,4-5,10-11H2,1-2H3/t13-/m0/s1. The fraction of sp³-hybridized carbons (Fsp3) is 0.368. The predicted octanol–water partition coefficient (Wildman–Crippen LogP) is 3.17. The van der Waals surface area contributed by atoms with E-state index in [1.54, 1.807) is 37.7 Å². The Bertz CT molecular complexity index is 924. The molecule has 0 unspecified atom stereocenters. The Kier molecular flexibility index (Phi) is 4.55. The van der Waals surface area contributed by atoms with Crippen molar-refractivity contribution in [1.29, 1.82) is 0 Å². The number of aromatic nitrogens is 3. The smallest absolute Gasteiger partial charge is 0.263 e. The highest BCUT2D eigenvalue weighted by atomic mass is 32.1. The van der Waals surface area contributed by atoms with Crippen molar-refractivity contribution in [2.24, 2.45) is 0 Å². The molecule has 3 aromatic rings. The van der Waals surface area contributed by atoms with Crippen LogP contribution in [0.25, 0.3) is 10.2 Å². The van der Waals surface area contributed by atoms with Crippen LogP contribution in [0.1, 0.15) is 34.0 Å². The highest BCUT2D eigenvalue weighted by Gasteiger charge is 2.30. The molecule has 0 spiro atoms. The van der Waals surface area contributed by atoms with Crippen molar-refractivity contribution in [2.45, 2.75) is 18.8 Å². The summed E-state index contributed by atoms with van der Waals surface area (Å²) < 4.78 is 0. The fourth-order valence-corrected chi connectivity index (χ4v) is 4.86. The van der Waals surface area contributed by atoms with Crippen LogP contribution in [-0.4, -0.2) is 52.9 Å². The van der Waals surface area contributed by atoms with Crippen LogP contribution in [0.5, 0.6) is 0 Å². The number of nitrogens with zero attached hydrogens (tertiary/aromatic N) is 5.